The van der Waals surface area contributed by atoms with Crippen LogP contribution in [-0.2, 0) is 25.5 Å². The zero-order valence-electron chi connectivity index (χ0n) is 17.3. The molecular formula is C22H28N2O6. The van der Waals surface area contributed by atoms with E-state index in [2.05, 4.69) is 0 Å². The molecule has 0 spiro atoms. The molecule has 1 aromatic rings. The van der Waals surface area contributed by atoms with Crippen molar-refractivity contribution < 1.29 is 29.0 Å². The van der Waals surface area contributed by atoms with E-state index in [1.54, 1.807) is 13.8 Å². The molecule has 1 aliphatic carbocycles. The molecule has 2 saturated heterocycles. The van der Waals surface area contributed by atoms with Crippen molar-refractivity contribution in [2.24, 2.45) is 11.8 Å². The van der Waals surface area contributed by atoms with Crippen molar-refractivity contribution in [2.75, 3.05) is 13.2 Å². The van der Waals surface area contributed by atoms with Gasteiger partial charge in [0, 0.05) is 0 Å². The first-order chi connectivity index (χ1) is 14.3. The van der Waals surface area contributed by atoms with Crippen LogP contribution < -0.4 is 0 Å². The Bertz CT molecular complexity index is 809. The van der Waals surface area contributed by atoms with Crippen LogP contribution in [0.5, 0.6) is 0 Å². The van der Waals surface area contributed by atoms with Gasteiger partial charge < -0.3 is 19.5 Å². The van der Waals surface area contributed by atoms with Crippen LogP contribution in [0.2, 0.25) is 0 Å². The van der Waals surface area contributed by atoms with Gasteiger partial charge in [-0.25, -0.2) is 9.69 Å². The number of hydrogen-bond donors (Lipinski definition) is 1. The number of aliphatic hydroxyl groups is 1. The minimum atomic E-state index is -1.12. The van der Waals surface area contributed by atoms with Crippen molar-refractivity contribution >= 4 is 18.4 Å². The van der Waals surface area contributed by atoms with Crippen molar-refractivity contribution in [1.29, 1.82) is 0 Å². The van der Waals surface area contributed by atoms with Crippen molar-refractivity contribution in [1.82, 2.24) is 9.80 Å². The normalized spacial score (nSPS) is 27.6. The number of hydrogen-bond acceptors (Lipinski definition) is 6. The molecule has 2 heterocycles. The van der Waals surface area contributed by atoms with Crippen molar-refractivity contribution in [3.05, 3.63) is 35.9 Å². The molecule has 30 heavy (non-hydrogen) atoms. The molecule has 4 rings (SSSR count). The molecular weight excluding hydrogens is 388 g/mol. The number of nitrogens with zero attached hydrogens (tertiary/aromatic N) is 2. The van der Waals surface area contributed by atoms with Gasteiger partial charge in [-0.05, 0) is 44.6 Å². The molecule has 1 saturated carbocycles. The number of ether oxygens (including phenoxy) is 2. The number of aliphatic hydroxyl groups excluding tert-OH is 1. The molecule has 1 aromatic carbocycles. The minimum Gasteiger partial charge on any atom is -0.447 e. The van der Waals surface area contributed by atoms with E-state index in [-0.39, 0.29) is 19.1 Å². The zero-order valence-corrected chi connectivity index (χ0v) is 17.3. The van der Waals surface area contributed by atoms with E-state index < -0.39 is 41.8 Å². The fourth-order valence-electron chi connectivity index (χ4n) is 4.56. The Kier molecular flexibility index (Phi) is 5.55. The standard InChI is InChI=1S/C22H28N2O6/c1-22(2)23(13-25)17(12-30-22)19(26)18(15-8-9-15)20(27)24-16(11-29-21(24)28)10-14-6-4-3-5-7-14/h3-7,13,15-19,26H,8-12H2,1-2H3/t16-,17-,18-,19+/m1/s1. The second-order valence-electron chi connectivity index (χ2n) is 8.82. The number of cyclic esters (lactones) is 1. The molecule has 162 valence electrons. The summed E-state index contributed by atoms with van der Waals surface area (Å²) in [6, 6.07) is 8.55. The van der Waals surface area contributed by atoms with Crippen LogP contribution in [0.4, 0.5) is 4.79 Å². The maximum atomic E-state index is 13.5. The number of carbonyl (C=O) groups is 3. The Morgan fingerprint density at radius 3 is 2.60 bits per heavy atom. The highest BCUT2D eigenvalue weighted by Gasteiger charge is 2.53. The van der Waals surface area contributed by atoms with Crippen LogP contribution >= 0.6 is 0 Å². The summed E-state index contributed by atoms with van der Waals surface area (Å²) in [5, 5.41) is 11.2. The SMILES string of the molecule is CC1(C)OC[C@H]([C@H](O)[C@H](C(=O)N2C(=O)OC[C@H]2Cc2ccccc2)C2CC2)N1C=O. The van der Waals surface area contributed by atoms with Crippen LogP contribution in [0.1, 0.15) is 32.3 Å². The Balaban J connectivity index is 1.55. The molecule has 8 heteroatoms. The highest BCUT2D eigenvalue weighted by atomic mass is 16.6. The van der Waals surface area contributed by atoms with E-state index in [0.29, 0.717) is 12.8 Å². The summed E-state index contributed by atoms with van der Waals surface area (Å²) in [6.45, 7) is 3.76. The topological polar surface area (TPSA) is 96.4 Å². The predicted molar refractivity (Wildman–Crippen MR) is 106 cm³/mol. The van der Waals surface area contributed by atoms with Crippen LogP contribution in [0, 0.1) is 11.8 Å². The summed E-state index contributed by atoms with van der Waals surface area (Å²) in [6.07, 6.45) is 0.954. The Morgan fingerprint density at radius 1 is 1.27 bits per heavy atom. The van der Waals surface area contributed by atoms with Crippen molar-refractivity contribution in [3.63, 3.8) is 0 Å². The molecule has 8 nitrogen and oxygen atoms in total. The molecule has 0 unspecified atom stereocenters. The van der Waals surface area contributed by atoms with Gasteiger partial charge in [0.15, 0.2) is 0 Å². The van der Waals surface area contributed by atoms with Gasteiger partial charge in [0.05, 0.1) is 30.7 Å². The lowest BCUT2D eigenvalue weighted by Gasteiger charge is -2.35. The number of carbonyl (C=O) groups excluding carboxylic acids is 3. The quantitative estimate of drug-likeness (QED) is 0.678. The molecule has 3 aliphatic rings. The average Bonchev–Trinajstić information content (AvgIpc) is 3.40. The smallest absolute Gasteiger partial charge is 0.416 e. The van der Waals surface area contributed by atoms with Crippen molar-refractivity contribution in [2.45, 2.75) is 57.0 Å². The lowest BCUT2D eigenvalue weighted by molar-refractivity contribution is -0.144. The fourth-order valence-corrected chi connectivity index (χ4v) is 4.56. The predicted octanol–water partition coefficient (Wildman–Crippen LogP) is 1.56. The molecule has 0 bridgehead atoms. The largest absolute Gasteiger partial charge is 0.447 e. The molecule has 3 fully saturated rings. The molecule has 0 radical (unpaired) electrons. The van der Waals surface area contributed by atoms with E-state index in [4.69, 9.17) is 9.47 Å². The van der Waals surface area contributed by atoms with E-state index in [1.165, 1.54) is 9.80 Å². The maximum absolute atomic E-state index is 13.5. The Hall–Kier alpha value is -2.45. The second kappa shape index (κ2) is 8.00. The Labute approximate surface area is 175 Å². The van der Waals surface area contributed by atoms with Gasteiger partial charge in [-0.2, -0.15) is 0 Å². The Morgan fingerprint density at radius 2 is 1.97 bits per heavy atom. The van der Waals surface area contributed by atoms with E-state index >= 15 is 0 Å². The summed E-state index contributed by atoms with van der Waals surface area (Å²) in [5.41, 5.74) is 0.146. The first-order valence-corrected chi connectivity index (χ1v) is 10.4. The molecule has 2 aliphatic heterocycles. The third-order valence-corrected chi connectivity index (χ3v) is 6.39. The summed E-state index contributed by atoms with van der Waals surface area (Å²) in [5.74, 6) is -1.22. The van der Waals surface area contributed by atoms with Gasteiger partial charge >= 0.3 is 6.09 Å². The van der Waals surface area contributed by atoms with E-state index in [1.807, 2.05) is 30.3 Å². The number of rotatable bonds is 7. The number of benzene rings is 1. The van der Waals surface area contributed by atoms with Crippen LogP contribution in [0.3, 0.4) is 0 Å². The molecule has 0 aromatic heterocycles. The minimum absolute atomic E-state index is 0.0181. The maximum Gasteiger partial charge on any atom is 0.416 e. The summed E-state index contributed by atoms with van der Waals surface area (Å²) in [7, 11) is 0. The van der Waals surface area contributed by atoms with Gasteiger partial charge in [0.2, 0.25) is 12.3 Å². The monoisotopic (exact) mass is 416 g/mol. The summed E-state index contributed by atoms with van der Waals surface area (Å²) >= 11 is 0. The van der Waals surface area contributed by atoms with Gasteiger partial charge in [-0.1, -0.05) is 30.3 Å². The highest BCUT2D eigenvalue weighted by molar-refractivity contribution is 5.95. The third-order valence-electron chi connectivity index (χ3n) is 6.39. The lowest BCUT2D eigenvalue weighted by atomic mass is 9.89. The molecule has 3 amide bonds. The third kappa shape index (κ3) is 3.81. The van der Waals surface area contributed by atoms with E-state index in [0.717, 1.165) is 18.4 Å². The molecule has 4 atom stereocenters. The zero-order chi connectivity index (χ0) is 21.5. The summed E-state index contributed by atoms with van der Waals surface area (Å²) in [4.78, 5) is 40.2. The van der Waals surface area contributed by atoms with E-state index in [9.17, 15) is 19.5 Å². The number of amides is 3. The molecule has 1 N–H and O–H groups in total. The van der Waals surface area contributed by atoms with Gasteiger partial charge in [-0.3, -0.25) is 9.59 Å². The fraction of sp³-hybridized carbons (Fsp3) is 0.591. The van der Waals surface area contributed by atoms with Gasteiger partial charge in [0.25, 0.3) is 0 Å². The van der Waals surface area contributed by atoms with Crippen LogP contribution in [-0.4, -0.2) is 70.4 Å². The van der Waals surface area contributed by atoms with Crippen LogP contribution in [0.15, 0.2) is 30.3 Å². The lowest BCUT2D eigenvalue weighted by Crippen LogP contribution is -2.54. The van der Waals surface area contributed by atoms with Crippen molar-refractivity contribution in [3.8, 4) is 0 Å². The first kappa shape index (κ1) is 20.8. The van der Waals surface area contributed by atoms with Gasteiger partial charge in [-0.15, -0.1) is 0 Å². The second-order valence-corrected chi connectivity index (χ2v) is 8.82. The first-order valence-electron chi connectivity index (χ1n) is 10.4. The van der Waals surface area contributed by atoms with Crippen LogP contribution in [0.25, 0.3) is 0 Å². The number of imide groups is 1. The highest BCUT2D eigenvalue weighted by Crippen LogP contribution is 2.43. The summed E-state index contributed by atoms with van der Waals surface area (Å²) < 4.78 is 10.9. The van der Waals surface area contributed by atoms with Gasteiger partial charge in [0.1, 0.15) is 12.3 Å². The average molecular weight is 416 g/mol.